The van der Waals surface area contributed by atoms with Gasteiger partial charge in [-0.2, -0.15) is 0 Å². The van der Waals surface area contributed by atoms with E-state index < -0.39 is 12.0 Å². The van der Waals surface area contributed by atoms with Crippen LogP contribution in [0.2, 0.25) is 0 Å². The zero-order chi connectivity index (χ0) is 14.4. The number of nitrogens with zero attached hydrogens (tertiary/aromatic N) is 1. The Bertz CT molecular complexity index is 458. The minimum absolute atomic E-state index is 0.0203. The zero-order valence-corrected chi connectivity index (χ0v) is 11.6. The van der Waals surface area contributed by atoms with Crippen LogP contribution in [-0.2, 0) is 16.0 Å². The van der Waals surface area contributed by atoms with E-state index in [4.69, 9.17) is 5.11 Å². The molecule has 4 heteroatoms. The average molecular weight is 275 g/mol. The number of carboxylic acid groups (broad SMARTS) is 1. The van der Waals surface area contributed by atoms with Crippen LogP contribution in [0.3, 0.4) is 0 Å². The fraction of sp³-hybridized carbons (Fsp3) is 0.500. The number of hydrogen-bond acceptors (Lipinski definition) is 2. The summed E-state index contributed by atoms with van der Waals surface area (Å²) >= 11 is 0. The van der Waals surface area contributed by atoms with E-state index in [0.717, 1.165) is 25.7 Å². The Morgan fingerprint density at radius 1 is 1.20 bits per heavy atom. The third-order valence-electron chi connectivity index (χ3n) is 3.81. The number of aliphatic carboxylic acids is 1. The second-order valence-corrected chi connectivity index (χ2v) is 5.28. The van der Waals surface area contributed by atoms with Crippen molar-refractivity contribution in [3.63, 3.8) is 0 Å². The maximum Gasteiger partial charge on any atom is 0.326 e. The predicted octanol–water partition coefficient (Wildman–Crippen LogP) is 2.48. The molecule has 1 aromatic carbocycles. The standard InChI is InChI=1S/C16H21NO3/c18-15(11-6-9-13-7-2-1-3-8-13)17-12-5-4-10-14(17)16(19)20/h1-3,7-8,14H,4-6,9-12H2,(H,19,20). The highest BCUT2D eigenvalue weighted by Crippen LogP contribution is 2.19. The van der Waals surface area contributed by atoms with Crippen LogP contribution >= 0.6 is 0 Å². The number of carbonyl (C=O) groups is 2. The van der Waals surface area contributed by atoms with Crippen LogP contribution in [0, 0.1) is 0 Å². The molecule has 0 spiro atoms. The number of amides is 1. The molecule has 0 aliphatic carbocycles. The van der Waals surface area contributed by atoms with Crippen LogP contribution in [0.5, 0.6) is 0 Å². The Balaban J connectivity index is 1.83. The molecule has 1 saturated heterocycles. The number of carboxylic acids is 1. The summed E-state index contributed by atoms with van der Waals surface area (Å²) in [6, 6.07) is 9.43. The zero-order valence-electron chi connectivity index (χ0n) is 11.6. The second-order valence-electron chi connectivity index (χ2n) is 5.28. The maximum atomic E-state index is 12.2. The van der Waals surface area contributed by atoms with Crippen molar-refractivity contribution < 1.29 is 14.7 Å². The number of aryl methyl sites for hydroxylation is 1. The summed E-state index contributed by atoms with van der Waals surface area (Å²) in [4.78, 5) is 24.9. The molecule has 1 unspecified atom stereocenters. The Kier molecular flexibility index (Phi) is 5.16. The van der Waals surface area contributed by atoms with Crippen LogP contribution in [0.25, 0.3) is 0 Å². The first-order valence-corrected chi connectivity index (χ1v) is 7.24. The quantitative estimate of drug-likeness (QED) is 0.898. The minimum atomic E-state index is -0.874. The van der Waals surface area contributed by atoms with Crippen molar-refractivity contribution in [2.24, 2.45) is 0 Å². The Hall–Kier alpha value is -1.84. The smallest absolute Gasteiger partial charge is 0.326 e. The normalized spacial score (nSPS) is 18.8. The van der Waals surface area contributed by atoms with E-state index in [1.54, 1.807) is 4.90 Å². The first-order valence-electron chi connectivity index (χ1n) is 7.24. The largest absolute Gasteiger partial charge is 0.480 e. The maximum absolute atomic E-state index is 12.2. The van der Waals surface area contributed by atoms with Gasteiger partial charge >= 0.3 is 5.97 Å². The first kappa shape index (κ1) is 14.6. The van der Waals surface area contributed by atoms with Gasteiger partial charge in [-0.05, 0) is 37.7 Å². The van der Waals surface area contributed by atoms with Crippen LogP contribution in [0.4, 0.5) is 0 Å². The fourth-order valence-electron chi connectivity index (χ4n) is 2.72. The van der Waals surface area contributed by atoms with Crippen molar-refractivity contribution in [3.05, 3.63) is 35.9 Å². The molecule has 4 nitrogen and oxygen atoms in total. The molecule has 1 atom stereocenters. The van der Waals surface area contributed by atoms with Gasteiger partial charge in [0.15, 0.2) is 0 Å². The number of carbonyl (C=O) groups excluding carboxylic acids is 1. The third-order valence-corrected chi connectivity index (χ3v) is 3.81. The lowest BCUT2D eigenvalue weighted by molar-refractivity contribution is -0.152. The van der Waals surface area contributed by atoms with E-state index in [2.05, 4.69) is 0 Å². The summed E-state index contributed by atoms with van der Waals surface area (Å²) < 4.78 is 0. The van der Waals surface area contributed by atoms with Gasteiger partial charge in [0.05, 0.1) is 0 Å². The molecule has 1 aromatic rings. The Morgan fingerprint density at radius 3 is 2.65 bits per heavy atom. The van der Waals surface area contributed by atoms with E-state index in [9.17, 15) is 9.59 Å². The van der Waals surface area contributed by atoms with Gasteiger partial charge in [-0.15, -0.1) is 0 Å². The highest BCUT2D eigenvalue weighted by atomic mass is 16.4. The number of piperidine rings is 1. The van der Waals surface area contributed by atoms with Crippen LogP contribution in [0.15, 0.2) is 30.3 Å². The summed E-state index contributed by atoms with van der Waals surface area (Å²) in [5.74, 6) is -0.894. The molecule has 2 rings (SSSR count). The first-order chi connectivity index (χ1) is 9.68. The lowest BCUT2D eigenvalue weighted by Crippen LogP contribution is -2.47. The molecule has 20 heavy (non-hydrogen) atoms. The van der Waals surface area contributed by atoms with Crippen molar-refractivity contribution in [3.8, 4) is 0 Å². The third kappa shape index (κ3) is 3.83. The van der Waals surface area contributed by atoms with Gasteiger partial charge < -0.3 is 10.0 Å². The van der Waals surface area contributed by atoms with Gasteiger partial charge in [-0.3, -0.25) is 4.79 Å². The molecule has 1 fully saturated rings. The average Bonchev–Trinajstić information content (AvgIpc) is 2.48. The molecule has 1 N–H and O–H groups in total. The van der Waals surface area contributed by atoms with Gasteiger partial charge in [0.2, 0.25) is 5.91 Å². The van der Waals surface area contributed by atoms with Crippen LogP contribution in [0.1, 0.15) is 37.7 Å². The minimum Gasteiger partial charge on any atom is -0.480 e. The number of hydrogen-bond donors (Lipinski definition) is 1. The molecule has 0 bridgehead atoms. The van der Waals surface area contributed by atoms with Crippen molar-refractivity contribution in [1.82, 2.24) is 4.90 Å². The summed E-state index contributed by atoms with van der Waals surface area (Å²) in [5.41, 5.74) is 1.22. The van der Waals surface area contributed by atoms with E-state index in [1.165, 1.54) is 5.56 Å². The summed E-state index contributed by atoms with van der Waals surface area (Å²) in [6.45, 7) is 0.584. The molecule has 1 aliphatic rings. The predicted molar refractivity (Wildman–Crippen MR) is 76.4 cm³/mol. The van der Waals surface area contributed by atoms with Crippen LogP contribution < -0.4 is 0 Å². The van der Waals surface area contributed by atoms with Gasteiger partial charge in [0.25, 0.3) is 0 Å². The van der Waals surface area contributed by atoms with Gasteiger partial charge in [-0.25, -0.2) is 4.79 Å². The summed E-state index contributed by atoms with van der Waals surface area (Å²) in [7, 11) is 0. The van der Waals surface area contributed by atoms with E-state index in [0.29, 0.717) is 19.4 Å². The lowest BCUT2D eigenvalue weighted by Gasteiger charge is -2.33. The molecule has 1 aliphatic heterocycles. The number of rotatable bonds is 5. The SMILES string of the molecule is O=C(O)C1CCCCN1C(=O)CCCc1ccccc1. The van der Waals surface area contributed by atoms with Crippen LogP contribution in [-0.4, -0.2) is 34.5 Å². The van der Waals surface area contributed by atoms with Gasteiger partial charge in [0.1, 0.15) is 6.04 Å². The van der Waals surface area contributed by atoms with Crippen molar-refractivity contribution >= 4 is 11.9 Å². The number of likely N-dealkylation sites (tertiary alicyclic amines) is 1. The van der Waals surface area contributed by atoms with Gasteiger partial charge in [0, 0.05) is 13.0 Å². The highest BCUT2D eigenvalue weighted by Gasteiger charge is 2.31. The molecular weight excluding hydrogens is 254 g/mol. The molecule has 0 saturated carbocycles. The monoisotopic (exact) mass is 275 g/mol. The van der Waals surface area contributed by atoms with Crippen molar-refractivity contribution in [2.75, 3.05) is 6.54 Å². The van der Waals surface area contributed by atoms with Gasteiger partial charge in [-0.1, -0.05) is 30.3 Å². The molecule has 0 aromatic heterocycles. The topological polar surface area (TPSA) is 57.6 Å². The van der Waals surface area contributed by atoms with Crippen molar-refractivity contribution in [2.45, 2.75) is 44.6 Å². The number of benzene rings is 1. The fourth-order valence-corrected chi connectivity index (χ4v) is 2.72. The summed E-state index contributed by atoms with van der Waals surface area (Å²) in [6.07, 6.45) is 4.45. The molecule has 0 radical (unpaired) electrons. The molecular formula is C16H21NO3. The molecule has 1 amide bonds. The second kappa shape index (κ2) is 7.08. The lowest BCUT2D eigenvalue weighted by atomic mass is 10.0. The van der Waals surface area contributed by atoms with Crippen molar-refractivity contribution in [1.29, 1.82) is 0 Å². The molecule has 1 heterocycles. The van der Waals surface area contributed by atoms with E-state index in [-0.39, 0.29) is 5.91 Å². The Labute approximate surface area is 119 Å². The Morgan fingerprint density at radius 2 is 1.95 bits per heavy atom. The molecule has 108 valence electrons. The highest BCUT2D eigenvalue weighted by molar-refractivity contribution is 5.83. The van der Waals surface area contributed by atoms with E-state index >= 15 is 0 Å². The summed E-state index contributed by atoms with van der Waals surface area (Å²) in [5, 5.41) is 9.17. The van der Waals surface area contributed by atoms with E-state index in [1.807, 2.05) is 30.3 Å².